The quantitative estimate of drug-likeness (QED) is 0.889. The van der Waals surface area contributed by atoms with Crippen LogP contribution in [0.3, 0.4) is 0 Å². The van der Waals surface area contributed by atoms with E-state index >= 15 is 0 Å². The number of halogens is 2. The Hall–Kier alpha value is -1.66. The Morgan fingerprint density at radius 1 is 1.26 bits per heavy atom. The number of nitrogens with zero attached hydrogens (tertiary/aromatic N) is 1. The van der Waals surface area contributed by atoms with Gasteiger partial charge < -0.3 is 15.4 Å². The summed E-state index contributed by atoms with van der Waals surface area (Å²) in [4.78, 5) is 16.1. The number of hydrogen-bond acceptors (Lipinski definition) is 4. The van der Waals surface area contributed by atoms with Crippen LogP contribution in [0.5, 0.6) is 0 Å². The molecule has 0 spiro atoms. The third-order valence-electron chi connectivity index (χ3n) is 3.43. The van der Waals surface area contributed by atoms with Crippen molar-refractivity contribution >= 4 is 35.6 Å². The van der Waals surface area contributed by atoms with Gasteiger partial charge in [0.25, 0.3) is 5.91 Å². The Morgan fingerprint density at radius 3 is 2.65 bits per heavy atom. The SMILES string of the molecule is Cl.O=C(Nc1ccc(C2CNCCO2)cc1)c1ccc(Cl)cn1. The summed E-state index contributed by atoms with van der Waals surface area (Å²) >= 11 is 5.76. The molecule has 1 aliphatic heterocycles. The summed E-state index contributed by atoms with van der Waals surface area (Å²) in [5, 5.41) is 6.60. The summed E-state index contributed by atoms with van der Waals surface area (Å²) < 4.78 is 5.69. The minimum atomic E-state index is -0.264. The molecule has 1 aromatic heterocycles. The number of hydrogen-bond donors (Lipinski definition) is 2. The van der Waals surface area contributed by atoms with Crippen LogP contribution in [0.1, 0.15) is 22.2 Å². The number of carbonyl (C=O) groups is 1. The lowest BCUT2D eigenvalue weighted by atomic mass is 10.1. The molecule has 2 N–H and O–H groups in total. The van der Waals surface area contributed by atoms with Crippen molar-refractivity contribution in [3.05, 3.63) is 58.9 Å². The molecule has 3 rings (SSSR count). The van der Waals surface area contributed by atoms with Gasteiger partial charge in [0, 0.05) is 25.0 Å². The van der Waals surface area contributed by atoms with E-state index in [1.165, 1.54) is 6.20 Å². The van der Waals surface area contributed by atoms with Crippen molar-refractivity contribution in [2.75, 3.05) is 25.0 Å². The van der Waals surface area contributed by atoms with E-state index in [2.05, 4.69) is 15.6 Å². The van der Waals surface area contributed by atoms with Gasteiger partial charge in [-0.1, -0.05) is 23.7 Å². The fourth-order valence-electron chi connectivity index (χ4n) is 2.27. The van der Waals surface area contributed by atoms with Crippen LogP contribution in [0.25, 0.3) is 0 Å². The second-order valence-corrected chi connectivity index (χ2v) is 5.44. The number of benzene rings is 1. The lowest BCUT2D eigenvalue weighted by molar-refractivity contribution is 0.0277. The first kappa shape index (κ1) is 17.7. The monoisotopic (exact) mass is 353 g/mol. The Labute approximate surface area is 145 Å². The fourth-order valence-corrected chi connectivity index (χ4v) is 2.38. The average Bonchev–Trinajstić information content (AvgIpc) is 2.57. The zero-order valence-corrected chi connectivity index (χ0v) is 13.9. The number of amides is 1. The number of morpholine rings is 1. The maximum absolute atomic E-state index is 12.1. The molecule has 0 bridgehead atoms. The van der Waals surface area contributed by atoms with Crippen LogP contribution in [-0.4, -0.2) is 30.6 Å². The van der Waals surface area contributed by atoms with Crippen molar-refractivity contribution in [2.24, 2.45) is 0 Å². The number of nitrogens with one attached hydrogen (secondary N) is 2. The van der Waals surface area contributed by atoms with Crippen LogP contribution in [0.15, 0.2) is 42.6 Å². The molecule has 5 nitrogen and oxygen atoms in total. The van der Waals surface area contributed by atoms with Crippen LogP contribution in [0.4, 0.5) is 5.69 Å². The predicted molar refractivity (Wildman–Crippen MR) is 92.5 cm³/mol. The summed E-state index contributed by atoms with van der Waals surface area (Å²) in [6, 6.07) is 10.9. The molecule has 1 aromatic carbocycles. The molecule has 2 heterocycles. The van der Waals surface area contributed by atoms with E-state index in [-0.39, 0.29) is 24.4 Å². The molecule has 0 radical (unpaired) electrons. The zero-order chi connectivity index (χ0) is 15.4. The first-order valence-electron chi connectivity index (χ1n) is 7.07. The minimum absolute atomic E-state index is 0. The van der Waals surface area contributed by atoms with Crippen molar-refractivity contribution < 1.29 is 9.53 Å². The van der Waals surface area contributed by atoms with Crippen molar-refractivity contribution in [1.82, 2.24) is 10.3 Å². The summed E-state index contributed by atoms with van der Waals surface area (Å²) in [6.45, 7) is 2.41. The maximum Gasteiger partial charge on any atom is 0.274 e. The second kappa shape index (κ2) is 8.26. The number of ether oxygens (including phenoxy) is 1. The molecule has 1 aliphatic rings. The van der Waals surface area contributed by atoms with Gasteiger partial charge in [0.1, 0.15) is 5.69 Å². The molecule has 122 valence electrons. The first-order chi connectivity index (χ1) is 10.7. The molecule has 1 atom stereocenters. The Bertz CT molecular complexity index is 641. The van der Waals surface area contributed by atoms with E-state index in [0.717, 1.165) is 18.7 Å². The molecule has 1 saturated heterocycles. The number of carbonyl (C=O) groups excluding carboxylic acids is 1. The third kappa shape index (κ3) is 4.65. The van der Waals surface area contributed by atoms with Crippen molar-refractivity contribution in [3.8, 4) is 0 Å². The van der Waals surface area contributed by atoms with E-state index < -0.39 is 0 Å². The lowest BCUT2D eigenvalue weighted by Gasteiger charge is -2.24. The second-order valence-electron chi connectivity index (χ2n) is 5.00. The summed E-state index contributed by atoms with van der Waals surface area (Å²) in [5.41, 5.74) is 2.14. The molecule has 7 heteroatoms. The number of anilines is 1. The van der Waals surface area contributed by atoms with Crippen molar-refractivity contribution in [2.45, 2.75) is 6.10 Å². The Kier molecular flexibility index (Phi) is 6.36. The predicted octanol–water partition coefficient (Wildman–Crippen LogP) is 3.07. The van der Waals surface area contributed by atoms with Gasteiger partial charge in [0.05, 0.1) is 17.7 Å². The molecule has 1 amide bonds. The van der Waals surface area contributed by atoms with E-state index in [0.29, 0.717) is 23.0 Å². The molecule has 0 saturated carbocycles. The molecule has 1 unspecified atom stereocenters. The van der Waals surface area contributed by atoms with Crippen molar-refractivity contribution in [1.29, 1.82) is 0 Å². The molecular weight excluding hydrogens is 337 g/mol. The topological polar surface area (TPSA) is 63.2 Å². The van der Waals surface area contributed by atoms with Crippen LogP contribution >= 0.6 is 24.0 Å². The number of rotatable bonds is 3. The highest BCUT2D eigenvalue weighted by Gasteiger charge is 2.15. The van der Waals surface area contributed by atoms with E-state index in [1.807, 2.05) is 24.3 Å². The van der Waals surface area contributed by atoms with Gasteiger partial charge in [0.2, 0.25) is 0 Å². The zero-order valence-electron chi connectivity index (χ0n) is 12.3. The van der Waals surface area contributed by atoms with Crippen LogP contribution in [0, 0.1) is 0 Å². The van der Waals surface area contributed by atoms with Gasteiger partial charge in [-0.25, -0.2) is 4.98 Å². The standard InChI is InChI=1S/C16H16ClN3O2.ClH/c17-12-3-6-14(19-9-12)16(21)20-13-4-1-11(2-5-13)15-10-18-7-8-22-15;/h1-6,9,15,18H,7-8,10H2,(H,20,21);1H. The molecule has 1 fully saturated rings. The lowest BCUT2D eigenvalue weighted by Crippen LogP contribution is -2.33. The largest absolute Gasteiger partial charge is 0.371 e. The highest BCUT2D eigenvalue weighted by molar-refractivity contribution is 6.30. The van der Waals surface area contributed by atoms with Gasteiger partial charge in [-0.05, 0) is 29.8 Å². The highest BCUT2D eigenvalue weighted by Crippen LogP contribution is 2.21. The maximum atomic E-state index is 12.1. The average molecular weight is 354 g/mol. The number of aromatic nitrogens is 1. The van der Waals surface area contributed by atoms with E-state index in [1.54, 1.807) is 12.1 Å². The third-order valence-corrected chi connectivity index (χ3v) is 3.65. The van der Waals surface area contributed by atoms with Crippen molar-refractivity contribution in [3.63, 3.8) is 0 Å². The van der Waals surface area contributed by atoms with Gasteiger partial charge in [-0.2, -0.15) is 0 Å². The summed E-state index contributed by atoms with van der Waals surface area (Å²) in [6.07, 6.45) is 1.52. The highest BCUT2D eigenvalue weighted by atomic mass is 35.5. The molecule has 0 aliphatic carbocycles. The van der Waals surface area contributed by atoms with E-state index in [4.69, 9.17) is 16.3 Å². The van der Waals surface area contributed by atoms with E-state index in [9.17, 15) is 4.79 Å². The van der Waals surface area contributed by atoms with Gasteiger partial charge >= 0.3 is 0 Å². The Morgan fingerprint density at radius 2 is 2.04 bits per heavy atom. The normalized spacial score (nSPS) is 17.2. The van der Waals surface area contributed by atoms with Gasteiger partial charge in [-0.3, -0.25) is 4.79 Å². The minimum Gasteiger partial charge on any atom is -0.371 e. The smallest absolute Gasteiger partial charge is 0.274 e. The van der Waals surface area contributed by atoms with Crippen LogP contribution in [-0.2, 0) is 4.74 Å². The number of pyridine rings is 1. The molecule has 23 heavy (non-hydrogen) atoms. The van der Waals surface area contributed by atoms with Crippen LogP contribution in [0.2, 0.25) is 5.02 Å². The fraction of sp³-hybridized carbons (Fsp3) is 0.250. The Balaban J connectivity index is 0.00000192. The molecule has 2 aromatic rings. The van der Waals surface area contributed by atoms with Gasteiger partial charge in [-0.15, -0.1) is 12.4 Å². The van der Waals surface area contributed by atoms with Crippen LogP contribution < -0.4 is 10.6 Å². The van der Waals surface area contributed by atoms with Gasteiger partial charge in [0.15, 0.2) is 0 Å². The summed E-state index contributed by atoms with van der Waals surface area (Å²) in [7, 11) is 0. The first-order valence-corrected chi connectivity index (χ1v) is 7.45. The summed E-state index contributed by atoms with van der Waals surface area (Å²) in [5.74, 6) is -0.264. The molecular formula is C16H17Cl2N3O2.